The number of pyridine rings is 1. The van der Waals surface area contributed by atoms with E-state index >= 15 is 0 Å². The first-order valence-corrected chi connectivity index (χ1v) is 4.82. The van der Waals surface area contributed by atoms with Crippen molar-refractivity contribution in [2.75, 3.05) is 0 Å². The molecule has 0 aliphatic carbocycles. The lowest BCUT2D eigenvalue weighted by Crippen LogP contribution is -1.78. The van der Waals surface area contributed by atoms with Crippen LogP contribution in [0.15, 0.2) is 59.5 Å². The Balaban J connectivity index is 2.31. The van der Waals surface area contributed by atoms with Crippen LogP contribution < -0.4 is 0 Å². The second kappa shape index (κ2) is 3.24. The predicted molar refractivity (Wildman–Crippen MR) is 59.4 cm³/mol. The van der Waals surface area contributed by atoms with Crippen LogP contribution in [0.5, 0.6) is 0 Å². The minimum Gasteiger partial charge on any atom is -0.464 e. The fourth-order valence-corrected chi connectivity index (χ4v) is 1.78. The Morgan fingerprint density at radius 2 is 1.80 bits per heavy atom. The quantitative estimate of drug-likeness (QED) is 0.594. The molecular formula is C13H9NO. The molecule has 0 fully saturated rings. The molecular weight excluding hydrogens is 186 g/mol. The number of nitrogens with zero attached hydrogens (tertiary/aromatic N) is 1. The summed E-state index contributed by atoms with van der Waals surface area (Å²) >= 11 is 0. The molecule has 0 amide bonds. The summed E-state index contributed by atoms with van der Waals surface area (Å²) in [5.41, 5.74) is 3.27. The summed E-state index contributed by atoms with van der Waals surface area (Å²) in [7, 11) is 0. The van der Waals surface area contributed by atoms with Crippen molar-refractivity contribution in [1.82, 2.24) is 4.98 Å². The standard InChI is InChI=1S/C13H9NO/c1-2-11(10-4-7-14-8-5-10)12-6-9-15-13(12)3-1/h1-9H. The first kappa shape index (κ1) is 8.24. The molecule has 0 aliphatic rings. The van der Waals surface area contributed by atoms with Crippen molar-refractivity contribution in [3.63, 3.8) is 0 Å². The third kappa shape index (κ3) is 1.31. The van der Waals surface area contributed by atoms with E-state index < -0.39 is 0 Å². The molecule has 2 heterocycles. The lowest BCUT2D eigenvalue weighted by molar-refractivity contribution is 0.616. The number of hydrogen-bond acceptors (Lipinski definition) is 2. The summed E-state index contributed by atoms with van der Waals surface area (Å²) in [6, 6.07) is 12.1. The first-order chi connectivity index (χ1) is 7.45. The third-order valence-corrected chi connectivity index (χ3v) is 2.49. The Bertz CT molecular complexity index is 584. The summed E-state index contributed by atoms with van der Waals surface area (Å²) in [5, 5.41) is 1.14. The van der Waals surface area contributed by atoms with Gasteiger partial charge in [0.25, 0.3) is 0 Å². The topological polar surface area (TPSA) is 26.0 Å². The van der Waals surface area contributed by atoms with Crippen LogP contribution >= 0.6 is 0 Å². The Kier molecular flexibility index (Phi) is 1.78. The Hall–Kier alpha value is -2.09. The van der Waals surface area contributed by atoms with Gasteiger partial charge >= 0.3 is 0 Å². The number of benzene rings is 1. The van der Waals surface area contributed by atoms with Crippen molar-refractivity contribution >= 4 is 11.0 Å². The van der Waals surface area contributed by atoms with Crippen molar-refractivity contribution in [2.24, 2.45) is 0 Å². The van der Waals surface area contributed by atoms with Crippen LogP contribution in [0.2, 0.25) is 0 Å². The molecule has 72 valence electrons. The molecule has 0 aliphatic heterocycles. The Labute approximate surface area is 87.2 Å². The van der Waals surface area contributed by atoms with E-state index in [4.69, 9.17) is 4.42 Å². The molecule has 2 heteroatoms. The monoisotopic (exact) mass is 195 g/mol. The average molecular weight is 195 g/mol. The number of hydrogen-bond donors (Lipinski definition) is 0. The van der Waals surface area contributed by atoms with Crippen molar-refractivity contribution in [3.8, 4) is 11.1 Å². The highest BCUT2D eigenvalue weighted by Crippen LogP contribution is 2.28. The van der Waals surface area contributed by atoms with E-state index in [-0.39, 0.29) is 0 Å². The molecule has 0 N–H and O–H groups in total. The number of rotatable bonds is 1. The van der Waals surface area contributed by atoms with Crippen LogP contribution in [0.25, 0.3) is 22.1 Å². The second-order valence-electron chi connectivity index (χ2n) is 3.37. The van der Waals surface area contributed by atoms with Crippen LogP contribution in [0, 0.1) is 0 Å². The molecule has 2 aromatic heterocycles. The zero-order valence-electron chi connectivity index (χ0n) is 8.05. The Morgan fingerprint density at radius 1 is 0.933 bits per heavy atom. The van der Waals surface area contributed by atoms with Gasteiger partial charge in [0.15, 0.2) is 0 Å². The molecule has 0 atom stereocenters. The first-order valence-electron chi connectivity index (χ1n) is 4.82. The maximum Gasteiger partial charge on any atom is 0.134 e. The van der Waals surface area contributed by atoms with Gasteiger partial charge in [-0.15, -0.1) is 0 Å². The fraction of sp³-hybridized carbons (Fsp3) is 0. The van der Waals surface area contributed by atoms with E-state index in [9.17, 15) is 0 Å². The maximum atomic E-state index is 5.36. The molecule has 3 rings (SSSR count). The molecule has 1 aromatic carbocycles. The van der Waals surface area contributed by atoms with Gasteiger partial charge in [-0.3, -0.25) is 4.98 Å². The van der Waals surface area contributed by atoms with Crippen LogP contribution in [-0.4, -0.2) is 4.98 Å². The molecule has 0 saturated heterocycles. The largest absolute Gasteiger partial charge is 0.464 e. The highest BCUT2D eigenvalue weighted by atomic mass is 16.3. The van der Waals surface area contributed by atoms with Gasteiger partial charge in [-0.2, -0.15) is 0 Å². The highest BCUT2D eigenvalue weighted by Gasteiger charge is 2.04. The number of furan rings is 1. The van der Waals surface area contributed by atoms with Gasteiger partial charge in [0.05, 0.1) is 6.26 Å². The van der Waals surface area contributed by atoms with Crippen LogP contribution in [0.4, 0.5) is 0 Å². The SMILES string of the molecule is c1cc(-c2ccncc2)c2ccoc2c1. The molecule has 0 saturated carbocycles. The number of aromatic nitrogens is 1. The van der Waals surface area contributed by atoms with Gasteiger partial charge in [-0.05, 0) is 35.4 Å². The lowest BCUT2D eigenvalue weighted by Gasteiger charge is -2.01. The van der Waals surface area contributed by atoms with Crippen molar-refractivity contribution < 1.29 is 4.42 Å². The fourth-order valence-electron chi connectivity index (χ4n) is 1.78. The van der Waals surface area contributed by atoms with Crippen LogP contribution in [0.1, 0.15) is 0 Å². The van der Waals surface area contributed by atoms with Gasteiger partial charge in [0.2, 0.25) is 0 Å². The molecule has 2 nitrogen and oxygen atoms in total. The van der Waals surface area contributed by atoms with Crippen LogP contribution in [-0.2, 0) is 0 Å². The summed E-state index contributed by atoms with van der Waals surface area (Å²) in [6.45, 7) is 0. The minimum absolute atomic E-state index is 0.921. The molecule has 0 spiro atoms. The lowest BCUT2D eigenvalue weighted by atomic mass is 10.0. The molecule has 15 heavy (non-hydrogen) atoms. The zero-order valence-corrected chi connectivity index (χ0v) is 8.05. The second-order valence-corrected chi connectivity index (χ2v) is 3.37. The predicted octanol–water partition coefficient (Wildman–Crippen LogP) is 3.49. The summed E-state index contributed by atoms with van der Waals surface area (Å²) in [6.07, 6.45) is 5.32. The van der Waals surface area contributed by atoms with E-state index in [1.807, 2.05) is 30.3 Å². The average Bonchev–Trinajstić information content (AvgIpc) is 2.78. The Morgan fingerprint density at radius 3 is 2.67 bits per heavy atom. The van der Waals surface area contributed by atoms with E-state index in [0.717, 1.165) is 16.5 Å². The van der Waals surface area contributed by atoms with E-state index in [1.165, 1.54) is 5.56 Å². The maximum absolute atomic E-state index is 5.36. The number of fused-ring (bicyclic) bond motifs is 1. The van der Waals surface area contributed by atoms with Gasteiger partial charge in [-0.1, -0.05) is 12.1 Å². The van der Waals surface area contributed by atoms with Gasteiger partial charge < -0.3 is 4.42 Å². The van der Waals surface area contributed by atoms with E-state index in [0.29, 0.717) is 0 Å². The zero-order chi connectivity index (χ0) is 10.1. The summed E-state index contributed by atoms with van der Waals surface area (Å²) in [4.78, 5) is 4.02. The normalized spacial score (nSPS) is 10.7. The van der Waals surface area contributed by atoms with E-state index in [2.05, 4.69) is 11.1 Å². The van der Waals surface area contributed by atoms with E-state index in [1.54, 1.807) is 18.7 Å². The van der Waals surface area contributed by atoms with Crippen LogP contribution in [0.3, 0.4) is 0 Å². The molecule has 0 radical (unpaired) electrons. The third-order valence-electron chi connectivity index (χ3n) is 2.49. The van der Waals surface area contributed by atoms with Gasteiger partial charge in [0.1, 0.15) is 5.58 Å². The summed E-state index contributed by atoms with van der Waals surface area (Å²) in [5.74, 6) is 0. The van der Waals surface area contributed by atoms with Crippen molar-refractivity contribution in [2.45, 2.75) is 0 Å². The van der Waals surface area contributed by atoms with Gasteiger partial charge in [0, 0.05) is 17.8 Å². The van der Waals surface area contributed by atoms with Crippen molar-refractivity contribution in [3.05, 3.63) is 55.1 Å². The minimum atomic E-state index is 0.921. The molecule has 3 aromatic rings. The molecule has 0 unspecified atom stereocenters. The molecule has 0 bridgehead atoms. The smallest absolute Gasteiger partial charge is 0.134 e. The highest BCUT2D eigenvalue weighted by molar-refractivity contribution is 5.93. The van der Waals surface area contributed by atoms with Crippen molar-refractivity contribution in [1.29, 1.82) is 0 Å². The summed E-state index contributed by atoms with van der Waals surface area (Å²) < 4.78 is 5.36. The van der Waals surface area contributed by atoms with Gasteiger partial charge in [-0.25, -0.2) is 0 Å².